The van der Waals surface area contributed by atoms with Crippen LogP contribution in [0.2, 0.25) is 0 Å². The van der Waals surface area contributed by atoms with Gasteiger partial charge in [0.15, 0.2) is 0 Å². The summed E-state index contributed by atoms with van der Waals surface area (Å²) in [5.41, 5.74) is 25.0. The van der Waals surface area contributed by atoms with E-state index in [0.29, 0.717) is 0 Å². The van der Waals surface area contributed by atoms with E-state index in [0.717, 1.165) is 19.3 Å². The van der Waals surface area contributed by atoms with Crippen molar-refractivity contribution in [3.05, 3.63) is 204 Å². The van der Waals surface area contributed by atoms with E-state index in [4.69, 9.17) is 0 Å². The zero-order chi connectivity index (χ0) is 47.5. The number of para-hydroxylation sites is 1. The van der Waals surface area contributed by atoms with Crippen molar-refractivity contribution in [1.29, 1.82) is 0 Å². The van der Waals surface area contributed by atoms with Crippen LogP contribution in [-0.4, -0.2) is 12.3 Å². The third kappa shape index (κ3) is 5.38. The first-order valence-electron chi connectivity index (χ1n) is 26.1. The van der Waals surface area contributed by atoms with E-state index in [1.54, 1.807) is 0 Å². The number of aryl methyl sites for hydroxylation is 1. The van der Waals surface area contributed by atoms with Crippen LogP contribution in [-0.2, 0) is 28.2 Å². The van der Waals surface area contributed by atoms with Crippen molar-refractivity contribution in [3.8, 4) is 22.3 Å². The van der Waals surface area contributed by atoms with Crippen molar-refractivity contribution in [1.82, 2.24) is 0 Å². The van der Waals surface area contributed by atoms with Gasteiger partial charge < -0.3 is 14.7 Å². The molecule has 4 heterocycles. The smallest absolute Gasteiger partial charge is 0.252 e. The quantitative estimate of drug-likeness (QED) is 0.163. The van der Waals surface area contributed by atoms with Crippen LogP contribution in [0, 0.1) is 0 Å². The van der Waals surface area contributed by atoms with Crippen molar-refractivity contribution in [2.45, 2.75) is 114 Å². The maximum atomic E-state index is 2.91. The SMILES string of the molecule is CC(C)(C)c1cc2c3c(c1)C1(C)CCc4ccccc4C1(C)N3c1cc(N3c4ccccc4C4(C)CCCCC34C)cc3c1B2c1ccc(-c2ccccc2)cc1N3c1cccc(-c2ccccc2)c1. The standard InChI is InChI=1S/C66H62BN3/c1-62(2,3)48-39-53-61-55(40-48)67-54-32-31-47(44-23-12-9-13-24-44)38-57(54)68(49-27-20-26-46(37-49)43-21-10-8-11-22-43)58-41-50(69-56-30-17-16-29-52(56)63(4)34-18-19-35-65(63,69)6)42-59(60(58)67)70(61)66(7)51-28-15-14-25-45(51)33-36-64(53,66)5/h8-17,20-32,37-42H,18-19,33-36H2,1-7H3. The van der Waals surface area contributed by atoms with Crippen LogP contribution in [0.1, 0.15) is 108 Å². The zero-order valence-electron chi connectivity index (χ0n) is 41.9. The van der Waals surface area contributed by atoms with Gasteiger partial charge in [0.05, 0.1) is 11.1 Å². The molecule has 344 valence electrons. The van der Waals surface area contributed by atoms with E-state index in [1.165, 1.54) is 126 Å². The minimum atomic E-state index is -0.353. The monoisotopic (exact) mass is 908 g/mol. The molecule has 70 heavy (non-hydrogen) atoms. The van der Waals surface area contributed by atoms with Crippen molar-refractivity contribution in [3.63, 3.8) is 0 Å². The lowest BCUT2D eigenvalue weighted by molar-refractivity contribution is 0.195. The summed E-state index contributed by atoms with van der Waals surface area (Å²) in [6, 6.07) is 68.2. The van der Waals surface area contributed by atoms with Gasteiger partial charge >= 0.3 is 0 Å². The average molecular weight is 908 g/mol. The summed E-state index contributed by atoms with van der Waals surface area (Å²) in [5, 5.41) is 0. The molecule has 6 aliphatic rings. The highest BCUT2D eigenvalue weighted by atomic mass is 15.3. The van der Waals surface area contributed by atoms with Gasteiger partial charge in [0.1, 0.15) is 0 Å². The molecule has 4 unspecified atom stereocenters. The molecule has 0 radical (unpaired) electrons. The number of rotatable bonds is 4. The summed E-state index contributed by atoms with van der Waals surface area (Å²) in [5.74, 6) is 0. The third-order valence-corrected chi connectivity index (χ3v) is 19.2. The first-order chi connectivity index (χ1) is 33.8. The molecule has 0 spiro atoms. The minimum Gasteiger partial charge on any atom is -0.334 e. The van der Waals surface area contributed by atoms with Crippen LogP contribution < -0.4 is 31.1 Å². The Bertz CT molecular complexity index is 3480. The highest BCUT2D eigenvalue weighted by Gasteiger charge is 2.64. The summed E-state index contributed by atoms with van der Waals surface area (Å²) in [4.78, 5) is 8.41. The fraction of sp³-hybridized carbons (Fsp3) is 0.273. The first-order valence-corrected chi connectivity index (χ1v) is 26.1. The van der Waals surface area contributed by atoms with Crippen LogP contribution in [0.4, 0.5) is 39.8 Å². The Kier molecular flexibility index (Phi) is 8.67. The molecule has 0 N–H and O–H groups in total. The second kappa shape index (κ2) is 14.4. The number of benzene rings is 8. The largest absolute Gasteiger partial charge is 0.334 e. The van der Waals surface area contributed by atoms with E-state index in [-0.39, 0.29) is 34.0 Å². The number of anilines is 7. The van der Waals surface area contributed by atoms with Crippen LogP contribution in [0.5, 0.6) is 0 Å². The Balaban J connectivity index is 1.14. The van der Waals surface area contributed by atoms with Gasteiger partial charge in [-0.1, -0.05) is 187 Å². The molecular weight excluding hydrogens is 846 g/mol. The number of hydrogen-bond acceptors (Lipinski definition) is 3. The van der Waals surface area contributed by atoms with E-state index in [1.807, 2.05) is 0 Å². The Labute approximate surface area is 415 Å². The lowest BCUT2D eigenvalue weighted by Crippen LogP contribution is -2.64. The summed E-state index contributed by atoms with van der Waals surface area (Å²) >= 11 is 0. The van der Waals surface area contributed by atoms with Crippen molar-refractivity contribution < 1.29 is 0 Å². The zero-order valence-corrected chi connectivity index (χ0v) is 41.9. The van der Waals surface area contributed by atoms with E-state index >= 15 is 0 Å². The molecule has 2 aliphatic carbocycles. The average Bonchev–Trinajstić information content (AvgIpc) is 3.74. The molecule has 0 bridgehead atoms. The summed E-state index contributed by atoms with van der Waals surface area (Å²) in [7, 11) is 0. The third-order valence-electron chi connectivity index (χ3n) is 19.2. The van der Waals surface area contributed by atoms with Crippen LogP contribution in [0.3, 0.4) is 0 Å². The molecule has 14 rings (SSSR count). The second-order valence-corrected chi connectivity index (χ2v) is 23.5. The van der Waals surface area contributed by atoms with Gasteiger partial charge in [-0.15, -0.1) is 0 Å². The van der Waals surface area contributed by atoms with Crippen LogP contribution in [0.15, 0.2) is 176 Å². The topological polar surface area (TPSA) is 9.72 Å². The Morgan fingerprint density at radius 3 is 1.87 bits per heavy atom. The maximum Gasteiger partial charge on any atom is 0.252 e. The second-order valence-electron chi connectivity index (χ2n) is 23.5. The fourth-order valence-electron chi connectivity index (χ4n) is 15.1. The number of fused-ring (bicyclic) bond motifs is 12. The summed E-state index contributed by atoms with van der Waals surface area (Å²) < 4.78 is 0. The highest BCUT2D eigenvalue weighted by molar-refractivity contribution is 7.00. The van der Waals surface area contributed by atoms with Gasteiger partial charge in [0, 0.05) is 50.6 Å². The van der Waals surface area contributed by atoms with Crippen LogP contribution >= 0.6 is 0 Å². The van der Waals surface area contributed by atoms with Gasteiger partial charge in [-0.2, -0.15) is 0 Å². The molecule has 4 aliphatic heterocycles. The van der Waals surface area contributed by atoms with Gasteiger partial charge in [-0.05, 0) is 148 Å². The molecule has 3 nitrogen and oxygen atoms in total. The number of nitrogens with zero attached hydrogens (tertiary/aromatic N) is 3. The van der Waals surface area contributed by atoms with Crippen LogP contribution in [0.25, 0.3) is 22.3 Å². The molecule has 0 aromatic heterocycles. The van der Waals surface area contributed by atoms with E-state index in [2.05, 4.69) is 239 Å². The molecule has 0 amide bonds. The van der Waals surface area contributed by atoms with Gasteiger partial charge in [0.2, 0.25) is 0 Å². The Morgan fingerprint density at radius 1 is 0.457 bits per heavy atom. The minimum absolute atomic E-state index is 0.0159. The van der Waals surface area contributed by atoms with E-state index < -0.39 is 0 Å². The molecular formula is C66H62BN3. The Hall–Kier alpha value is -6.78. The molecule has 8 aromatic rings. The van der Waals surface area contributed by atoms with Gasteiger partial charge in [-0.3, -0.25) is 0 Å². The molecule has 0 saturated heterocycles. The Morgan fingerprint density at radius 2 is 1.11 bits per heavy atom. The molecule has 8 aromatic carbocycles. The van der Waals surface area contributed by atoms with Gasteiger partial charge in [-0.25, -0.2) is 0 Å². The lowest BCUT2D eigenvalue weighted by Gasteiger charge is -2.54. The highest BCUT2D eigenvalue weighted by Crippen LogP contribution is 2.66. The normalized spacial score (nSPS) is 24.3. The van der Waals surface area contributed by atoms with Crippen molar-refractivity contribution >= 4 is 62.9 Å². The summed E-state index contributed by atoms with van der Waals surface area (Å²) in [6.45, 7) is 17.7. The predicted molar refractivity (Wildman–Crippen MR) is 296 cm³/mol. The molecule has 1 fully saturated rings. The van der Waals surface area contributed by atoms with E-state index in [9.17, 15) is 0 Å². The fourth-order valence-corrected chi connectivity index (χ4v) is 15.1. The maximum absolute atomic E-state index is 2.91. The lowest BCUT2D eigenvalue weighted by atomic mass is 9.33. The molecule has 4 heteroatoms. The predicted octanol–water partition coefficient (Wildman–Crippen LogP) is 14.9. The van der Waals surface area contributed by atoms with Crippen molar-refractivity contribution in [2.24, 2.45) is 0 Å². The summed E-state index contributed by atoms with van der Waals surface area (Å²) in [6.07, 6.45) is 7.00. The molecule has 4 atom stereocenters. The first kappa shape index (κ1) is 42.1. The number of hydrogen-bond donors (Lipinski definition) is 0. The molecule has 1 saturated carbocycles. The van der Waals surface area contributed by atoms with Gasteiger partial charge in [0.25, 0.3) is 6.71 Å². The van der Waals surface area contributed by atoms with Crippen molar-refractivity contribution in [2.75, 3.05) is 14.7 Å².